The van der Waals surface area contributed by atoms with Crippen LogP contribution in [0.1, 0.15) is 33.6 Å². The highest BCUT2D eigenvalue weighted by Crippen LogP contribution is 2.17. The summed E-state index contributed by atoms with van der Waals surface area (Å²) in [6, 6.07) is -0.204. The maximum absolute atomic E-state index is 12.1. The van der Waals surface area contributed by atoms with Gasteiger partial charge in [-0.2, -0.15) is 0 Å². The molecule has 1 fully saturated rings. The number of likely N-dealkylation sites (tertiary alicyclic amines) is 1. The molecule has 2 N–H and O–H groups in total. The zero-order valence-corrected chi connectivity index (χ0v) is 11.5. The van der Waals surface area contributed by atoms with E-state index in [1.54, 1.807) is 4.90 Å². The van der Waals surface area contributed by atoms with Gasteiger partial charge in [0.05, 0.1) is 18.6 Å². The Morgan fingerprint density at radius 3 is 2.61 bits per heavy atom. The fourth-order valence-corrected chi connectivity index (χ4v) is 2.20. The second-order valence-electron chi connectivity index (χ2n) is 5.35. The van der Waals surface area contributed by atoms with Crippen molar-refractivity contribution in [3.05, 3.63) is 0 Å². The van der Waals surface area contributed by atoms with Gasteiger partial charge in [-0.05, 0) is 18.8 Å². The highest BCUT2D eigenvalue weighted by molar-refractivity contribution is 5.81. The Kier molecular flexibility index (Phi) is 5.59. The molecule has 2 amide bonds. The van der Waals surface area contributed by atoms with E-state index in [-0.39, 0.29) is 36.3 Å². The molecule has 1 heterocycles. The fraction of sp³-hybridized carbons (Fsp3) is 0.846. The van der Waals surface area contributed by atoms with Crippen LogP contribution in [0.5, 0.6) is 0 Å². The van der Waals surface area contributed by atoms with Crippen LogP contribution in [0.15, 0.2) is 0 Å². The predicted octanol–water partition coefficient (Wildman–Crippen LogP) is 0.378. The molecule has 104 valence electrons. The van der Waals surface area contributed by atoms with Crippen LogP contribution < -0.4 is 5.32 Å². The number of aliphatic hydroxyl groups excluding tert-OH is 1. The molecule has 1 saturated heterocycles. The molecule has 2 atom stereocenters. The van der Waals surface area contributed by atoms with E-state index in [4.69, 9.17) is 0 Å². The molecule has 0 saturated carbocycles. The van der Waals surface area contributed by atoms with E-state index in [0.717, 1.165) is 19.4 Å². The van der Waals surface area contributed by atoms with Gasteiger partial charge >= 0.3 is 0 Å². The van der Waals surface area contributed by atoms with E-state index in [2.05, 4.69) is 5.32 Å². The van der Waals surface area contributed by atoms with Gasteiger partial charge in [-0.3, -0.25) is 9.59 Å². The molecule has 0 aromatic heterocycles. The number of hydrogen-bond donors (Lipinski definition) is 2. The number of hydrogen-bond acceptors (Lipinski definition) is 3. The van der Waals surface area contributed by atoms with Crippen LogP contribution in [0, 0.1) is 11.8 Å². The predicted molar refractivity (Wildman–Crippen MR) is 68.8 cm³/mol. The van der Waals surface area contributed by atoms with Gasteiger partial charge in [-0.1, -0.05) is 13.8 Å². The number of carbonyl (C=O) groups excluding carboxylic acids is 2. The number of amides is 2. The van der Waals surface area contributed by atoms with Crippen LogP contribution in [-0.2, 0) is 9.59 Å². The number of nitrogens with zero attached hydrogens (tertiary/aromatic N) is 1. The van der Waals surface area contributed by atoms with Gasteiger partial charge in [0.2, 0.25) is 11.8 Å². The first-order valence-corrected chi connectivity index (χ1v) is 6.62. The van der Waals surface area contributed by atoms with Gasteiger partial charge in [0.25, 0.3) is 0 Å². The van der Waals surface area contributed by atoms with E-state index >= 15 is 0 Å². The minimum Gasteiger partial charge on any atom is -0.394 e. The number of nitrogens with one attached hydrogen (secondary N) is 1. The Morgan fingerprint density at radius 2 is 2.11 bits per heavy atom. The topological polar surface area (TPSA) is 69.6 Å². The molecule has 0 bridgehead atoms. The highest BCUT2D eigenvalue weighted by atomic mass is 16.3. The second-order valence-corrected chi connectivity index (χ2v) is 5.35. The summed E-state index contributed by atoms with van der Waals surface area (Å²) >= 11 is 0. The first kappa shape index (κ1) is 15.0. The van der Waals surface area contributed by atoms with E-state index in [9.17, 15) is 14.7 Å². The van der Waals surface area contributed by atoms with Gasteiger partial charge < -0.3 is 15.3 Å². The Bertz CT molecular complexity index is 305. The van der Waals surface area contributed by atoms with Crippen LogP contribution >= 0.6 is 0 Å². The van der Waals surface area contributed by atoms with Gasteiger partial charge in [-0.25, -0.2) is 0 Å². The SMILES string of the molecule is CC(=O)N1CCCC(C(=O)NC(CO)C(C)C)C1. The van der Waals surface area contributed by atoms with Crippen molar-refractivity contribution >= 4 is 11.8 Å². The van der Waals surface area contributed by atoms with Crippen LogP contribution in [0.25, 0.3) is 0 Å². The molecule has 5 heteroatoms. The third-order valence-electron chi connectivity index (χ3n) is 3.57. The van der Waals surface area contributed by atoms with E-state index in [0.29, 0.717) is 6.54 Å². The average molecular weight is 256 g/mol. The quantitative estimate of drug-likeness (QED) is 0.764. The summed E-state index contributed by atoms with van der Waals surface area (Å²) in [4.78, 5) is 25.1. The number of aliphatic hydroxyl groups is 1. The van der Waals surface area contributed by atoms with Crippen molar-refractivity contribution in [3.8, 4) is 0 Å². The fourth-order valence-electron chi connectivity index (χ4n) is 2.20. The zero-order valence-electron chi connectivity index (χ0n) is 11.5. The molecule has 1 aliphatic heterocycles. The van der Waals surface area contributed by atoms with Gasteiger partial charge in [0.1, 0.15) is 0 Å². The van der Waals surface area contributed by atoms with Crippen LogP contribution in [0.4, 0.5) is 0 Å². The molecule has 0 aliphatic carbocycles. The number of piperidine rings is 1. The molecule has 2 unspecified atom stereocenters. The maximum Gasteiger partial charge on any atom is 0.225 e. The van der Waals surface area contributed by atoms with Crippen molar-refractivity contribution in [1.82, 2.24) is 10.2 Å². The monoisotopic (exact) mass is 256 g/mol. The Morgan fingerprint density at radius 1 is 1.44 bits per heavy atom. The minimum absolute atomic E-state index is 0.0232. The van der Waals surface area contributed by atoms with Crippen molar-refractivity contribution in [3.63, 3.8) is 0 Å². The summed E-state index contributed by atoms with van der Waals surface area (Å²) in [6.07, 6.45) is 1.68. The summed E-state index contributed by atoms with van der Waals surface area (Å²) in [6.45, 7) is 6.65. The third-order valence-corrected chi connectivity index (χ3v) is 3.57. The molecule has 18 heavy (non-hydrogen) atoms. The number of rotatable bonds is 4. The van der Waals surface area contributed by atoms with Gasteiger partial charge in [0, 0.05) is 20.0 Å². The molecule has 0 aromatic rings. The average Bonchev–Trinajstić information content (AvgIpc) is 2.35. The first-order valence-electron chi connectivity index (χ1n) is 6.62. The van der Waals surface area contributed by atoms with Crippen molar-refractivity contribution in [2.24, 2.45) is 11.8 Å². The molecular formula is C13H24N2O3. The molecule has 0 aromatic carbocycles. The third kappa shape index (κ3) is 3.98. The second kappa shape index (κ2) is 6.73. The standard InChI is InChI=1S/C13H24N2O3/c1-9(2)12(8-16)14-13(18)11-5-4-6-15(7-11)10(3)17/h9,11-12,16H,4-8H2,1-3H3,(H,14,18). The largest absolute Gasteiger partial charge is 0.394 e. The molecule has 1 aliphatic rings. The first-order chi connectivity index (χ1) is 8.45. The zero-order chi connectivity index (χ0) is 13.7. The normalized spacial score (nSPS) is 21.8. The van der Waals surface area contributed by atoms with Crippen molar-refractivity contribution in [2.45, 2.75) is 39.7 Å². The summed E-state index contributed by atoms with van der Waals surface area (Å²) in [7, 11) is 0. The lowest BCUT2D eigenvalue weighted by Gasteiger charge is -2.32. The highest BCUT2D eigenvalue weighted by Gasteiger charge is 2.28. The van der Waals surface area contributed by atoms with Gasteiger partial charge in [-0.15, -0.1) is 0 Å². The minimum atomic E-state index is -0.204. The van der Waals surface area contributed by atoms with Crippen LogP contribution in [-0.4, -0.2) is 47.6 Å². The Hall–Kier alpha value is -1.10. The van der Waals surface area contributed by atoms with E-state index in [1.165, 1.54) is 6.92 Å². The Balaban J connectivity index is 2.53. The lowest BCUT2D eigenvalue weighted by Crippen LogP contribution is -2.49. The van der Waals surface area contributed by atoms with Crippen molar-refractivity contribution in [1.29, 1.82) is 0 Å². The lowest BCUT2D eigenvalue weighted by molar-refractivity contribution is -0.134. The summed E-state index contributed by atoms with van der Waals surface area (Å²) in [5.41, 5.74) is 0. The molecule has 5 nitrogen and oxygen atoms in total. The summed E-state index contributed by atoms with van der Waals surface area (Å²) < 4.78 is 0. The van der Waals surface area contributed by atoms with Crippen LogP contribution in [0.2, 0.25) is 0 Å². The van der Waals surface area contributed by atoms with E-state index in [1.807, 2.05) is 13.8 Å². The van der Waals surface area contributed by atoms with Crippen molar-refractivity contribution < 1.29 is 14.7 Å². The summed E-state index contributed by atoms with van der Waals surface area (Å²) in [5, 5.41) is 12.1. The molecule has 1 rings (SSSR count). The maximum atomic E-state index is 12.1. The molecule has 0 spiro atoms. The molecule has 0 radical (unpaired) electrons. The summed E-state index contributed by atoms with van der Waals surface area (Å²) in [5.74, 6) is 0.0330. The van der Waals surface area contributed by atoms with E-state index < -0.39 is 0 Å². The van der Waals surface area contributed by atoms with Crippen LogP contribution in [0.3, 0.4) is 0 Å². The van der Waals surface area contributed by atoms with Gasteiger partial charge in [0.15, 0.2) is 0 Å². The molecular weight excluding hydrogens is 232 g/mol. The Labute approximate surface area is 109 Å². The number of carbonyl (C=O) groups is 2. The smallest absolute Gasteiger partial charge is 0.225 e. The van der Waals surface area contributed by atoms with Crippen molar-refractivity contribution in [2.75, 3.05) is 19.7 Å². The lowest BCUT2D eigenvalue weighted by atomic mass is 9.95.